The molecule has 0 fully saturated rings. The summed E-state index contributed by atoms with van der Waals surface area (Å²) in [4.78, 5) is 4.33. The summed E-state index contributed by atoms with van der Waals surface area (Å²) >= 11 is 3.31. The number of anilines is 1. The van der Waals surface area contributed by atoms with Crippen molar-refractivity contribution in [2.45, 2.75) is 16.5 Å². The Balaban J connectivity index is 1.70. The van der Waals surface area contributed by atoms with E-state index in [9.17, 15) is 8.42 Å². The van der Waals surface area contributed by atoms with Crippen molar-refractivity contribution in [3.8, 4) is 17.4 Å². The Hall–Kier alpha value is -3.04. The topological polar surface area (TPSA) is 94.6 Å². The maximum absolute atomic E-state index is 13.2. The van der Waals surface area contributed by atoms with Crippen molar-refractivity contribution in [3.05, 3.63) is 77.0 Å². The Morgan fingerprint density at radius 2 is 1.80 bits per heavy atom. The Kier molecular flexibility index (Phi) is 5.65. The zero-order valence-electron chi connectivity index (χ0n) is 15.8. The monoisotopic (exact) mass is 488 g/mol. The predicted octanol–water partition coefficient (Wildman–Crippen LogP) is 5.15. The summed E-state index contributed by atoms with van der Waals surface area (Å²) in [5.41, 5.74) is 0.915. The van der Waals surface area contributed by atoms with Crippen LogP contribution in [0.15, 0.2) is 90.2 Å². The third-order valence-corrected chi connectivity index (χ3v) is 6.53. The van der Waals surface area contributed by atoms with Gasteiger partial charge in [0.05, 0.1) is 18.3 Å². The van der Waals surface area contributed by atoms with E-state index in [0.717, 1.165) is 15.8 Å². The van der Waals surface area contributed by atoms with Crippen LogP contribution >= 0.6 is 15.9 Å². The van der Waals surface area contributed by atoms with Gasteiger partial charge in [-0.15, -0.1) is 0 Å². The van der Waals surface area contributed by atoms with E-state index < -0.39 is 9.84 Å². The predicted molar refractivity (Wildman–Crippen MR) is 114 cm³/mol. The molecule has 0 aliphatic carbocycles. The zero-order valence-corrected chi connectivity index (χ0v) is 18.2. The van der Waals surface area contributed by atoms with Crippen LogP contribution in [0.1, 0.15) is 5.56 Å². The van der Waals surface area contributed by atoms with Crippen LogP contribution in [0, 0.1) is 0 Å². The summed E-state index contributed by atoms with van der Waals surface area (Å²) in [7, 11) is -2.33. The number of aromatic nitrogens is 1. The number of methoxy groups -OCH3 is 1. The van der Waals surface area contributed by atoms with Gasteiger partial charge in [0.15, 0.2) is 5.76 Å². The molecule has 0 radical (unpaired) electrons. The molecule has 154 valence electrons. The maximum Gasteiger partial charge on any atom is 0.266 e. The molecule has 0 aliphatic heterocycles. The molecule has 0 spiro atoms. The lowest BCUT2D eigenvalue weighted by Crippen LogP contribution is -2.07. The van der Waals surface area contributed by atoms with Gasteiger partial charge in [-0.1, -0.05) is 28.1 Å². The maximum atomic E-state index is 13.2. The van der Waals surface area contributed by atoms with Gasteiger partial charge in [0.2, 0.25) is 20.7 Å². The average Bonchev–Trinajstić information content (AvgIpc) is 3.43. The van der Waals surface area contributed by atoms with Crippen molar-refractivity contribution in [3.63, 3.8) is 0 Å². The Morgan fingerprint density at radius 3 is 2.43 bits per heavy atom. The molecule has 0 bridgehead atoms. The average molecular weight is 489 g/mol. The highest BCUT2D eigenvalue weighted by Gasteiger charge is 2.29. The number of ether oxygens (including phenoxy) is 1. The Labute approximate surface area is 181 Å². The van der Waals surface area contributed by atoms with E-state index in [1.807, 2.05) is 24.3 Å². The molecule has 0 amide bonds. The molecule has 9 heteroatoms. The van der Waals surface area contributed by atoms with E-state index >= 15 is 0 Å². The van der Waals surface area contributed by atoms with Gasteiger partial charge in [0.1, 0.15) is 5.75 Å². The minimum Gasteiger partial charge on any atom is -0.497 e. The normalized spacial score (nSPS) is 11.4. The standard InChI is InChI=1S/C21H17BrN2O5S/c1-27-16-8-4-14(5-9-16)13-23-20-21(24-19(29-20)18-3-2-12-28-18)30(25,26)17-10-6-15(22)7-11-17/h2-12,23H,13H2,1H3. The van der Waals surface area contributed by atoms with Gasteiger partial charge < -0.3 is 18.9 Å². The third-order valence-electron chi connectivity index (χ3n) is 4.32. The fourth-order valence-corrected chi connectivity index (χ4v) is 4.30. The zero-order chi connectivity index (χ0) is 21.1. The van der Waals surface area contributed by atoms with Crippen LogP contribution in [0.4, 0.5) is 5.88 Å². The molecule has 0 unspecified atom stereocenters. The van der Waals surface area contributed by atoms with Gasteiger partial charge in [0.25, 0.3) is 5.89 Å². The minimum atomic E-state index is -3.92. The molecule has 2 heterocycles. The molecule has 0 saturated heterocycles. The number of hydrogen-bond acceptors (Lipinski definition) is 7. The minimum absolute atomic E-state index is 0.0418. The first-order valence-electron chi connectivity index (χ1n) is 8.89. The highest BCUT2D eigenvalue weighted by atomic mass is 79.9. The van der Waals surface area contributed by atoms with Gasteiger partial charge in [-0.3, -0.25) is 0 Å². The number of hydrogen-bond donors (Lipinski definition) is 1. The number of furan rings is 1. The Bertz CT molecular complexity index is 1230. The summed E-state index contributed by atoms with van der Waals surface area (Å²) in [6.45, 7) is 0.333. The number of rotatable bonds is 7. The molecule has 0 atom stereocenters. The van der Waals surface area contributed by atoms with Crippen LogP contribution in [0.5, 0.6) is 5.75 Å². The molecule has 0 saturated carbocycles. The molecule has 2 aromatic carbocycles. The SMILES string of the molecule is COc1ccc(CNc2oc(-c3ccco3)nc2S(=O)(=O)c2ccc(Br)cc2)cc1. The first kappa shape index (κ1) is 20.2. The largest absolute Gasteiger partial charge is 0.497 e. The second-order valence-electron chi connectivity index (χ2n) is 6.29. The number of nitrogens with zero attached hydrogens (tertiary/aromatic N) is 1. The van der Waals surface area contributed by atoms with Crippen molar-refractivity contribution >= 4 is 31.7 Å². The van der Waals surface area contributed by atoms with Crippen molar-refractivity contribution in [2.24, 2.45) is 0 Å². The second-order valence-corrected chi connectivity index (χ2v) is 9.07. The first-order chi connectivity index (χ1) is 14.5. The van der Waals surface area contributed by atoms with Gasteiger partial charge in [0, 0.05) is 11.0 Å². The Morgan fingerprint density at radius 1 is 1.07 bits per heavy atom. The van der Waals surface area contributed by atoms with E-state index in [4.69, 9.17) is 13.6 Å². The molecule has 0 aliphatic rings. The highest BCUT2D eigenvalue weighted by molar-refractivity contribution is 9.10. The van der Waals surface area contributed by atoms with Crippen LogP contribution in [0.2, 0.25) is 0 Å². The van der Waals surface area contributed by atoms with Crippen LogP contribution in [0.25, 0.3) is 11.7 Å². The van der Waals surface area contributed by atoms with Crippen LogP contribution in [-0.4, -0.2) is 20.5 Å². The van der Waals surface area contributed by atoms with E-state index in [1.165, 1.54) is 18.4 Å². The first-order valence-corrected chi connectivity index (χ1v) is 11.2. The van der Waals surface area contributed by atoms with Crippen molar-refractivity contribution < 1.29 is 22.0 Å². The lowest BCUT2D eigenvalue weighted by Gasteiger charge is -2.07. The van der Waals surface area contributed by atoms with Gasteiger partial charge in [-0.25, -0.2) is 8.42 Å². The number of oxazole rings is 1. The van der Waals surface area contributed by atoms with Crippen LogP contribution in [-0.2, 0) is 16.4 Å². The third kappa shape index (κ3) is 4.12. The fraction of sp³-hybridized carbons (Fsp3) is 0.0952. The van der Waals surface area contributed by atoms with E-state index in [1.54, 1.807) is 31.4 Å². The second kappa shape index (κ2) is 8.37. The highest BCUT2D eigenvalue weighted by Crippen LogP contribution is 2.33. The van der Waals surface area contributed by atoms with E-state index in [2.05, 4.69) is 26.2 Å². The van der Waals surface area contributed by atoms with Gasteiger partial charge >= 0.3 is 0 Å². The van der Waals surface area contributed by atoms with Crippen LogP contribution < -0.4 is 10.1 Å². The van der Waals surface area contributed by atoms with Crippen molar-refractivity contribution in [2.75, 3.05) is 12.4 Å². The molecule has 30 heavy (non-hydrogen) atoms. The summed E-state index contributed by atoms with van der Waals surface area (Å²) in [6.07, 6.45) is 1.47. The van der Waals surface area contributed by atoms with Crippen LogP contribution in [0.3, 0.4) is 0 Å². The van der Waals surface area contributed by atoms with E-state index in [-0.39, 0.29) is 21.7 Å². The molecule has 7 nitrogen and oxygen atoms in total. The summed E-state index contributed by atoms with van der Waals surface area (Å²) in [5, 5.41) is 2.83. The van der Waals surface area contributed by atoms with Gasteiger partial charge in [-0.2, -0.15) is 4.98 Å². The van der Waals surface area contributed by atoms with Gasteiger partial charge in [-0.05, 0) is 54.1 Å². The number of nitrogens with one attached hydrogen (secondary N) is 1. The molecular weight excluding hydrogens is 472 g/mol. The quantitative estimate of drug-likeness (QED) is 0.384. The number of sulfone groups is 1. The number of benzene rings is 2. The lowest BCUT2D eigenvalue weighted by atomic mass is 10.2. The molecule has 4 aromatic rings. The van der Waals surface area contributed by atoms with Crippen molar-refractivity contribution in [1.82, 2.24) is 4.98 Å². The summed E-state index contributed by atoms with van der Waals surface area (Å²) < 4.78 is 43.4. The summed E-state index contributed by atoms with van der Waals surface area (Å²) in [6, 6.07) is 17.0. The smallest absolute Gasteiger partial charge is 0.266 e. The molecular formula is C21H17BrN2O5S. The lowest BCUT2D eigenvalue weighted by molar-refractivity contribution is 0.414. The van der Waals surface area contributed by atoms with Crippen molar-refractivity contribution in [1.29, 1.82) is 0 Å². The van der Waals surface area contributed by atoms with E-state index in [0.29, 0.717) is 12.3 Å². The molecule has 2 aromatic heterocycles. The molecule has 1 N–H and O–H groups in total. The summed E-state index contributed by atoms with van der Waals surface area (Å²) in [5.74, 6) is 1.19. The molecule has 4 rings (SSSR count). The fourth-order valence-electron chi connectivity index (χ4n) is 2.76. The number of halogens is 1.